The Bertz CT molecular complexity index is 1720. The van der Waals surface area contributed by atoms with E-state index >= 15 is 0 Å². The van der Waals surface area contributed by atoms with Gasteiger partial charge in [-0.3, -0.25) is 4.79 Å². The number of aromatic carboxylic acids is 1. The summed E-state index contributed by atoms with van der Waals surface area (Å²) < 4.78 is 17.8. The van der Waals surface area contributed by atoms with E-state index in [1.165, 1.54) is 17.8 Å². The molecule has 2 heterocycles. The molecule has 11 nitrogen and oxygen atoms in total. The third kappa shape index (κ3) is 9.41. The molecule has 0 saturated carbocycles. The molecular formula is C36H37N3O8S. The van der Waals surface area contributed by atoms with Crippen LogP contribution >= 0.6 is 11.8 Å². The Morgan fingerprint density at radius 3 is 2.44 bits per heavy atom. The van der Waals surface area contributed by atoms with Crippen molar-refractivity contribution in [3.63, 3.8) is 0 Å². The van der Waals surface area contributed by atoms with E-state index in [2.05, 4.69) is 15.6 Å². The second kappa shape index (κ2) is 16.9. The first-order valence-corrected chi connectivity index (χ1v) is 16.5. The summed E-state index contributed by atoms with van der Waals surface area (Å²) in [4.78, 5) is 39.7. The van der Waals surface area contributed by atoms with E-state index < -0.39 is 24.3 Å². The largest absolute Gasteiger partial charge is 0.478 e. The number of ether oxygens (including phenoxy) is 3. The van der Waals surface area contributed by atoms with Crippen molar-refractivity contribution in [3.8, 4) is 11.1 Å². The van der Waals surface area contributed by atoms with Gasteiger partial charge in [0.25, 0.3) is 0 Å². The molecule has 0 unspecified atom stereocenters. The molecule has 1 aliphatic rings. The van der Waals surface area contributed by atoms with Gasteiger partial charge in [0.2, 0.25) is 0 Å². The molecule has 1 aromatic heterocycles. The summed E-state index contributed by atoms with van der Waals surface area (Å²) in [7, 11) is 0. The van der Waals surface area contributed by atoms with Gasteiger partial charge in [-0.2, -0.15) is 0 Å². The molecule has 3 aromatic carbocycles. The van der Waals surface area contributed by atoms with Crippen LogP contribution in [0.2, 0.25) is 0 Å². The zero-order valence-electron chi connectivity index (χ0n) is 26.3. The minimum Gasteiger partial charge on any atom is -0.478 e. The van der Waals surface area contributed by atoms with E-state index in [1.54, 1.807) is 19.2 Å². The molecular weight excluding hydrogens is 634 g/mol. The fourth-order valence-electron chi connectivity index (χ4n) is 5.20. The van der Waals surface area contributed by atoms with Gasteiger partial charge in [0, 0.05) is 30.5 Å². The average Bonchev–Trinajstić information content (AvgIpc) is 3.12. The highest BCUT2D eigenvalue weighted by Gasteiger charge is 2.33. The number of pyridine rings is 1. The average molecular weight is 672 g/mol. The van der Waals surface area contributed by atoms with Gasteiger partial charge < -0.3 is 35.1 Å². The normalized spacial score (nSPS) is 17.3. The number of hydrogen-bond donors (Lipinski definition) is 4. The summed E-state index contributed by atoms with van der Waals surface area (Å²) >= 11 is 1.33. The monoisotopic (exact) mass is 671 g/mol. The van der Waals surface area contributed by atoms with Crippen LogP contribution in [-0.2, 0) is 32.2 Å². The predicted molar refractivity (Wildman–Crippen MR) is 179 cm³/mol. The Hall–Kier alpha value is -4.75. The Morgan fingerprint density at radius 2 is 1.69 bits per heavy atom. The van der Waals surface area contributed by atoms with E-state index in [0.29, 0.717) is 17.2 Å². The molecule has 1 fully saturated rings. The second-order valence-electron chi connectivity index (χ2n) is 11.0. The maximum Gasteiger partial charge on any atom is 0.338 e. The molecule has 0 spiro atoms. The smallest absolute Gasteiger partial charge is 0.338 e. The highest BCUT2D eigenvalue weighted by atomic mass is 32.2. The van der Waals surface area contributed by atoms with E-state index in [-0.39, 0.29) is 44.1 Å². The number of esters is 1. The summed E-state index contributed by atoms with van der Waals surface area (Å²) in [6, 6.07) is 25.9. The minimum atomic E-state index is -1.04. The lowest BCUT2D eigenvalue weighted by atomic mass is 9.99. The van der Waals surface area contributed by atoms with Crippen LogP contribution in [0.5, 0.6) is 0 Å². The number of thioether (sulfide) groups is 1. The van der Waals surface area contributed by atoms with Gasteiger partial charge in [-0.1, -0.05) is 60.7 Å². The van der Waals surface area contributed by atoms with Crippen molar-refractivity contribution < 1.29 is 38.8 Å². The van der Waals surface area contributed by atoms with E-state index in [4.69, 9.17) is 14.2 Å². The van der Waals surface area contributed by atoms with E-state index in [9.17, 15) is 24.6 Å². The molecule has 1 aliphatic heterocycles. The van der Waals surface area contributed by atoms with Gasteiger partial charge in [0.1, 0.15) is 11.6 Å². The van der Waals surface area contributed by atoms with Gasteiger partial charge in [0.05, 0.1) is 31.0 Å². The van der Waals surface area contributed by atoms with Crippen molar-refractivity contribution in [1.29, 1.82) is 0 Å². The Kier molecular flexibility index (Phi) is 12.2. The van der Waals surface area contributed by atoms with Crippen LogP contribution in [0.15, 0.2) is 96.2 Å². The Labute approximate surface area is 282 Å². The zero-order valence-corrected chi connectivity index (χ0v) is 27.2. The summed E-state index contributed by atoms with van der Waals surface area (Å²) in [6.07, 6.45) is 0.818. The maximum atomic E-state index is 12.2. The minimum absolute atomic E-state index is 0.0560. The number of aromatic nitrogens is 1. The highest BCUT2D eigenvalue weighted by Crippen LogP contribution is 2.40. The predicted octanol–water partition coefficient (Wildman–Crippen LogP) is 5.64. The lowest BCUT2D eigenvalue weighted by Crippen LogP contribution is -2.38. The molecule has 0 aliphatic carbocycles. The Morgan fingerprint density at radius 1 is 0.917 bits per heavy atom. The van der Waals surface area contributed by atoms with Crippen molar-refractivity contribution in [2.24, 2.45) is 0 Å². The topological polar surface area (TPSA) is 156 Å². The van der Waals surface area contributed by atoms with Crippen molar-refractivity contribution >= 4 is 29.7 Å². The molecule has 5 rings (SSSR count). The fourth-order valence-corrected chi connectivity index (χ4v) is 6.20. The number of benzene rings is 3. The standard InChI is InChI=1S/C36H37N3O8S/c1-2-45-32(41)20-39-36(44)38-19-24-6-3-7-26(16-24)27-8-4-9-28(17-27)35-46-29(22-48-33-30(34(42)43)10-5-15-37-33)18-31(47-35)25-13-11-23(21-40)12-14-25/h3-17,29,31,35,40H,2,18-22H2,1H3,(H,42,43)(H2,38,39,44)/t29-,31+,35+/m1/s1. The quantitative estimate of drug-likeness (QED) is 0.104. The third-order valence-electron chi connectivity index (χ3n) is 7.59. The molecule has 12 heteroatoms. The maximum absolute atomic E-state index is 12.2. The third-order valence-corrected chi connectivity index (χ3v) is 8.73. The number of hydrogen-bond acceptors (Lipinski definition) is 9. The van der Waals surface area contributed by atoms with Gasteiger partial charge in [-0.15, -0.1) is 11.8 Å². The van der Waals surface area contributed by atoms with Gasteiger partial charge in [0.15, 0.2) is 6.29 Å². The number of carboxylic acids is 1. The molecule has 0 bridgehead atoms. The first-order valence-electron chi connectivity index (χ1n) is 15.5. The molecule has 250 valence electrons. The van der Waals surface area contributed by atoms with Crippen LogP contribution in [0.1, 0.15) is 58.4 Å². The molecule has 2 amide bonds. The van der Waals surface area contributed by atoms with Gasteiger partial charge >= 0.3 is 18.0 Å². The van der Waals surface area contributed by atoms with Crippen LogP contribution in [-0.4, -0.2) is 58.2 Å². The number of nitrogens with zero attached hydrogens (tertiary/aromatic N) is 1. The number of amides is 2. The first kappa shape index (κ1) is 34.6. The number of rotatable bonds is 13. The van der Waals surface area contributed by atoms with Crippen molar-refractivity contribution in [1.82, 2.24) is 15.6 Å². The fraction of sp³-hybridized carbons (Fsp3) is 0.278. The number of carbonyl (C=O) groups is 3. The van der Waals surface area contributed by atoms with Gasteiger partial charge in [-0.25, -0.2) is 14.6 Å². The molecule has 4 N–H and O–H groups in total. The van der Waals surface area contributed by atoms with Gasteiger partial charge in [-0.05, 0) is 59.0 Å². The number of carbonyl (C=O) groups excluding carboxylic acids is 2. The van der Waals surface area contributed by atoms with Crippen LogP contribution in [0, 0.1) is 0 Å². The molecule has 0 radical (unpaired) electrons. The van der Waals surface area contributed by atoms with E-state index in [0.717, 1.165) is 33.4 Å². The zero-order chi connectivity index (χ0) is 33.9. The number of aliphatic hydroxyl groups excluding tert-OH is 1. The molecule has 48 heavy (non-hydrogen) atoms. The number of carboxylic acid groups (broad SMARTS) is 1. The number of aliphatic hydroxyl groups is 1. The summed E-state index contributed by atoms with van der Waals surface area (Å²) in [5, 5.41) is 24.8. The molecule has 4 aromatic rings. The summed E-state index contributed by atoms with van der Waals surface area (Å²) in [5.74, 6) is -1.08. The Balaban J connectivity index is 1.32. The molecule has 3 atom stereocenters. The van der Waals surface area contributed by atoms with Crippen molar-refractivity contribution in [2.75, 3.05) is 18.9 Å². The lowest BCUT2D eigenvalue weighted by Gasteiger charge is -2.36. The van der Waals surface area contributed by atoms with Crippen LogP contribution in [0.25, 0.3) is 11.1 Å². The van der Waals surface area contributed by atoms with Crippen LogP contribution in [0.3, 0.4) is 0 Å². The molecule has 1 saturated heterocycles. The number of urea groups is 1. The highest BCUT2D eigenvalue weighted by molar-refractivity contribution is 7.99. The summed E-state index contributed by atoms with van der Waals surface area (Å²) in [6.45, 7) is 1.94. The number of nitrogens with one attached hydrogen (secondary N) is 2. The van der Waals surface area contributed by atoms with E-state index in [1.807, 2.05) is 72.8 Å². The van der Waals surface area contributed by atoms with Crippen molar-refractivity contribution in [3.05, 3.63) is 119 Å². The first-order chi connectivity index (χ1) is 23.3. The SMILES string of the molecule is CCOC(=O)CNC(=O)NCc1cccc(-c2cccc([C@H]3O[C@@H](CSc4ncccc4C(=O)O)C[C@@H](c4ccc(CO)cc4)O3)c2)c1. The second-order valence-corrected chi connectivity index (χ2v) is 12.0. The van der Waals surface area contributed by atoms with Crippen molar-refractivity contribution in [2.45, 2.75) is 50.0 Å². The summed E-state index contributed by atoms with van der Waals surface area (Å²) in [5.41, 5.74) is 5.42. The van der Waals surface area contributed by atoms with Crippen LogP contribution < -0.4 is 10.6 Å². The van der Waals surface area contributed by atoms with Crippen LogP contribution in [0.4, 0.5) is 4.79 Å². The lowest BCUT2D eigenvalue weighted by molar-refractivity contribution is -0.245.